The van der Waals surface area contributed by atoms with Gasteiger partial charge in [-0.2, -0.15) is 0 Å². The van der Waals surface area contributed by atoms with Crippen LogP contribution in [0, 0.1) is 30.3 Å². The van der Waals surface area contributed by atoms with Crippen molar-refractivity contribution in [3.63, 3.8) is 0 Å². The summed E-state index contributed by atoms with van der Waals surface area (Å²) >= 11 is 0. The molecule has 0 N–H and O–H groups in total. The molecule has 0 unspecified atom stereocenters. The lowest BCUT2D eigenvalue weighted by Crippen LogP contribution is -2.20. The maximum Gasteiger partial charge on any atom is 0.168 e. The highest BCUT2D eigenvalue weighted by Crippen LogP contribution is 2.39. The standard InChI is InChI=1S/C31H35F3O2/c1-3-4-5-18-35-25-14-17-29(28(32)19-25)36-20-22-8-12-24(13-9-22)27-16-15-26(30(33)31(27)34)23-10-6-21(2)7-11-23/h6-7,10-11,14-17,19,22,24H,3-5,8-9,12-13,18,20H2,1-2H3. The van der Waals surface area contributed by atoms with Crippen LogP contribution in [0.15, 0.2) is 54.6 Å². The summed E-state index contributed by atoms with van der Waals surface area (Å²) in [5.74, 6) is -0.990. The second-order valence-electron chi connectivity index (χ2n) is 9.87. The molecule has 0 heterocycles. The lowest BCUT2D eigenvalue weighted by atomic mass is 9.78. The van der Waals surface area contributed by atoms with Gasteiger partial charge in [0.15, 0.2) is 23.2 Å². The smallest absolute Gasteiger partial charge is 0.168 e. The Morgan fingerprint density at radius 3 is 2.25 bits per heavy atom. The van der Waals surface area contributed by atoms with Crippen LogP contribution in [0.2, 0.25) is 0 Å². The van der Waals surface area contributed by atoms with Gasteiger partial charge in [0.05, 0.1) is 13.2 Å². The maximum atomic E-state index is 15.0. The van der Waals surface area contributed by atoms with Gasteiger partial charge in [-0.05, 0) is 74.1 Å². The predicted molar refractivity (Wildman–Crippen MR) is 138 cm³/mol. The molecule has 3 aromatic carbocycles. The highest BCUT2D eigenvalue weighted by Gasteiger charge is 2.27. The molecule has 0 bridgehead atoms. The largest absolute Gasteiger partial charge is 0.493 e. The Bertz CT molecular complexity index is 1140. The van der Waals surface area contributed by atoms with Crippen molar-refractivity contribution >= 4 is 0 Å². The Morgan fingerprint density at radius 2 is 1.56 bits per heavy atom. The fourth-order valence-corrected chi connectivity index (χ4v) is 4.91. The molecule has 0 radical (unpaired) electrons. The van der Waals surface area contributed by atoms with Crippen LogP contribution < -0.4 is 9.47 Å². The van der Waals surface area contributed by atoms with Gasteiger partial charge in [-0.15, -0.1) is 0 Å². The molecular formula is C31H35F3O2. The van der Waals surface area contributed by atoms with Crippen LogP contribution in [0.4, 0.5) is 13.2 Å². The minimum atomic E-state index is -0.782. The van der Waals surface area contributed by atoms with E-state index < -0.39 is 17.5 Å². The van der Waals surface area contributed by atoms with Gasteiger partial charge in [-0.3, -0.25) is 0 Å². The Kier molecular flexibility index (Phi) is 8.95. The third kappa shape index (κ3) is 6.43. The van der Waals surface area contributed by atoms with E-state index in [1.807, 2.05) is 31.2 Å². The van der Waals surface area contributed by atoms with Crippen molar-refractivity contribution in [2.45, 2.75) is 64.7 Å². The third-order valence-electron chi connectivity index (χ3n) is 7.16. The van der Waals surface area contributed by atoms with Crippen molar-refractivity contribution in [1.29, 1.82) is 0 Å². The van der Waals surface area contributed by atoms with E-state index in [2.05, 4.69) is 6.92 Å². The zero-order chi connectivity index (χ0) is 25.5. The van der Waals surface area contributed by atoms with E-state index in [-0.39, 0.29) is 23.1 Å². The zero-order valence-corrected chi connectivity index (χ0v) is 21.2. The zero-order valence-electron chi connectivity index (χ0n) is 21.2. The molecule has 0 amide bonds. The summed E-state index contributed by atoms with van der Waals surface area (Å²) in [6.45, 7) is 5.07. The second-order valence-corrected chi connectivity index (χ2v) is 9.87. The molecule has 2 nitrogen and oxygen atoms in total. The Labute approximate surface area is 212 Å². The summed E-state index contributed by atoms with van der Waals surface area (Å²) in [5.41, 5.74) is 2.48. The molecular weight excluding hydrogens is 461 g/mol. The molecule has 36 heavy (non-hydrogen) atoms. The molecule has 1 saturated carbocycles. The normalized spacial score (nSPS) is 17.7. The van der Waals surface area contributed by atoms with Crippen molar-refractivity contribution in [2.24, 2.45) is 5.92 Å². The van der Waals surface area contributed by atoms with Crippen molar-refractivity contribution in [3.05, 3.63) is 83.2 Å². The molecule has 3 aromatic rings. The van der Waals surface area contributed by atoms with Crippen LogP contribution in [0.25, 0.3) is 11.1 Å². The van der Waals surface area contributed by atoms with E-state index in [9.17, 15) is 8.78 Å². The highest BCUT2D eigenvalue weighted by molar-refractivity contribution is 5.65. The number of ether oxygens (including phenoxy) is 2. The monoisotopic (exact) mass is 496 g/mol. The van der Waals surface area contributed by atoms with Crippen LogP contribution in [0.1, 0.15) is 68.9 Å². The number of benzene rings is 3. The average molecular weight is 497 g/mol. The average Bonchev–Trinajstić information content (AvgIpc) is 2.89. The summed E-state index contributed by atoms with van der Waals surface area (Å²) in [7, 11) is 0. The molecule has 1 fully saturated rings. The summed E-state index contributed by atoms with van der Waals surface area (Å²) in [6, 6.07) is 15.6. The Morgan fingerprint density at radius 1 is 0.806 bits per heavy atom. The van der Waals surface area contributed by atoms with Crippen molar-refractivity contribution in [3.8, 4) is 22.6 Å². The topological polar surface area (TPSA) is 18.5 Å². The van der Waals surface area contributed by atoms with Crippen molar-refractivity contribution in [2.75, 3.05) is 13.2 Å². The van der Waals surface area contributed by atoms with Gasteiger partial charge in [-0.25, -0.2) is 13.2 Å². The number of halogens is 3. The molecule has 0 atom stereocenters. The number of aryl methyl sites for hydroxylation is 1. The van der Waals surface area contributed by atoms with Crippen LogP contribution in [-0.4, -0.2) is 13.2 Å². The molecule has 192 valence electrons. The van der Waals surface area contributed by atoms with Crippen LogP contribution in [-0.2, 0) is 0 Å². The first-order chi connectivity index (χ1) is 17.5. The number of hydrogen-bond donors (Lipinski definition) is 0. The molecule has 1 aliphatic rings. The minimum absolute atomic E-state index is 0.0244. The Hall–Kier alpha value is -2.95. The molecule has 4 rings (SSSR count). The van der Waals surface area contributed by atoms with Crippen molar-refractivity contribution < 1.29 is 22.6 Å². The van der Waals surface area contributed by atoms with E-state index in [0.717, 1.165) is 50.5 Å². The van der Waals surface area contributed by atoms with Gasteiger partial charge in [-0.1, -0.05) is 61.7 Å². The lowest BCUT2D eigenvalue weighted by molar-refractivity contribution is 0.193. The van der Waals surface area contributed by atoms with E-state index in [1.54, 1.807) is 24.3 Å². The molecule has 1 aliphatic carbocycles. The van der Waals surface area contributed by atoms with E-state index in [0.29, 0.717) is 30.1 Å². The van der Waals surface area contributed by atoms with E-state index in [1.165, 1.54) is 6.07 Å². The fraction of sp³-hybridized carbons (Fsp3) is 0.419. The summed E-state index contributed by atoms with van der Waals surface area (Å²) in [5, 5.41) is 0. The maximum absolute atomic E-state index is 15.0. The predicted octanol–water partition coefficient (Wildman–Crippen LogP) is 9.00. The molecule has 0 aromatic heterocycles. The molecule has 5 heteroatoms. The molecule has 0 saturated heterocycles. The molecule has 0 spiro atoms. The number of hydrogen-bond acceptors (Lipinski definition) is 2. The second kappa shape index (κ2) is 12.3. The van der Waals surface area contributed by atoms with E-state index >= 15 is 4.39 Å². The van der Waals surface area contributed by atoms with Gasteiger partial charge in [0.2, 0.25) is 0 Å². The fourth-order valence-electron chi connectivity index (χ4n) is 4.91. The summed E-state index contributed by atoms with van der Waals surface area (Å²) in [4.78, 5) is 0. The summed E-state index contributed by atoms with van der Waals surface area (Å²) in [6.07, 6.45) is 6.30. The molecule has 0 aliphatic heterocycles. The van der Waals surface area contributed by atoms with Gasteiger partial charge in [0.25, 0.3) is 0 Å². The SMILES string of the molecule is CCCCCOc1ccc(OCC2CCC(c3ccc(-c4ccc(C)cc4)c(F)c3F)CC2)c(F)c1. The first kappa shape index (κ1) is 26.1. The number of unbranched alkanes of at least 4 members (excludes halogenated alkanes) is 2. The van der Waals surface area contributed by atoms with Crippen LogP contribution >= 0.6 is 0 Å². The minimum Gasteiger partial charge on any atom is -0.493 e. The van der Waals surface area contributed by atoms with Gasteiger partial charge in [0.1, 0.15) is 5.75 Å². The van der Waals surface area contributed by atoms with Crippen molar-refractivity contribution in [1.82, 2.24) is 0 Å². The number of rotatable bonds is 10. The lowest BCUT2D eigenvalue weighted by Gasteiger charge is -2.29. The first-order valence-corrected chi connectivity index (χ1v) is 13.1. The van der Waals surface area contributed by atoms with Gasteiger partial charge >= 0.3 is 0 Å². The van der Waals surface area contributed by atoms with E-state index in [4.69, 9.17) is 9.47 Å². The Balaban J connectivity index is 1.30. The quantitative estimate of drug-likeness (QED) is 0.261. The highest BCUT2D eigenvalue weighted by atomic mass is 19.2. The van der Waals surface area contributed by atoms with Crippen LogP contribution in [0.3, 0.4) is 0 Å². The van der Waals surface area contributed by atoms with Gasteiger partial charge < -0.3 is 9.47 Å². The summed E-state index contributed by atoms with van der Waals surface area (Å²) < 4.78 is 55.7. The third-order valence-corrected chi connectivity index (χ3v) is 7.16. The van der Waals surface area contributed by atoms with Crippen LogP contribution in [0.5, 0.6) is 11.5 Å². The van der Waals surface area contributed by atoms with Gasteiger partial charge in [0, 0.05) is 11.6 Å². The first-order valence-electron chi connectivity index (χ1n) is 13.1.